The van der Waals surface area contributed by atoms with E-state index in [-0.39, 0.29) is 5.91 Å². The predicted molar refractivity (Wildman–Crippen MR) is 78.4 cm³/mol. The number of hydrogen-bond acceptors (Lipinski definition) is 4. The van der Waals surface area contributed by atoms with Crippen LogP contribution in [0.1, 0.15) is 36.4 Å². The second kappa shape index (κ2) is 6.15. The van der Waals surface area contributed by atoms with E-state index >= 15 is 0 Å². The van der Waals surface area contributed by atoms with Crippen LogP contribution < -0.4 is 15.8 Å². The Balaban J connectivity index is 2.88. The topological polar surface area (TPSA) is 64.3 Å². The van der Waals surface area contributed by atoms with Crippen molar-refractivity contribution in [1.82, 2.24) is 5.32 Å². The van der Waals surface area contributed by atoms with E-state index in [0.717, 1.165) is 0 Å². The smallest absolute Gasteiger partial charge is 0.262 e. The van der Waals surface area contributed by atoms with Crippen molar-refractivity contribution < 1.29 is 9.53 Å². The highest BCUT2D eigenvalue weighted by molar-refractivity contribution is 7.80. The molecule has 0 aliphatic carbocycles. The van der Waals surface area contributed by atoms with E-state index in [4.69, 9.17) is 22.7 Å². The summed E-state index contributed by atoms with van der Waals surface area (Å²) in [4.78, 5) is 13.1. The van der Waals surface area contributed by atoms with Crippen molar-refractivity contribution in [2.75, 3.05) is 7.11 Å². The SMILES string of the molecule is CCC(CC)(NC(=O)c1cc(OC)cs1)C(N)=S. The molecule has 0 spiro atoms. The molecule has 0 saturated heterocycles. The molecule has 100 valence electrons. The van der Waals surface area contributed by atoms with Crippen molar-refractivity contribution in [2.45, 2.75) is 32.2 Å². The Morgan fingerprint density at radius 2 is 2.17 bits per heavy atom. The summed E-state index contributed by atoms with van der Waals surface area (Å²) in [7, 11) is 1.57. The quantitative estimate of drug-likeness (QED) is 0.788. The maximum atomic E-state index is 12.1. The number of nitrogens with two attached hydrogens (primary N) is 1. The van der Waals surface area contributed by atoms with Crippen molar-refractivity contribution >= 4 is 34.5 Å². The van der Waals surface area contributed by atoms with E-state index in [1.54, 1.807) is 18.6 Å². The minimum Gasteiger partial charge on any atom is -0.496 e. The van der Waals surface area contributed by atoms with Gasteiger partial charge in [0.2, 0.25) is 0 Å². The van der Waals surface area contributed by atoms with E-state index in [0.29, 0.717) is 28.5 Å². The molecule has 1 heterocycles. The molecular formula is C12H18N2O2S2. The van der Waals surface area contributed by atoms with Crippen molar-refractivity contribution in [3.05, 3.63) is 16.3 Å². The number of carbonyl (C=O) groups is 1. The zero-order valence-electron chi connectivity index (χ0n) is 10.8. The van der Waals surface area contributed by atoms with Gasteiger partial charge in [-0.25, -0.2) is 0 Å². The van der Waals surface area contributed by atoms with Crippen LogP contribution in [0.5, 0.6) is 5.75 Å². The summed E-state index contributed by atoms with van der Waals surface area (Å²) < 4.78 is 5.06. The van der Waals surface area contributed by atoms with Gasteiger partial charge in [0.15, 0.2) is 0 Å². The summed E-state index contributed by atoms with van der Waals surface area (Å²) in [5.41, 5.74) is 5.14. The fourth-order valence-corrected chi connectivity index (χ4v) is 2.75. The van der Waals surface area contributed by atoms with E-state index in [1.807, 2.05) is 13.8 Å². The molecule has 0 aliphatic heterocycles. The second-order valence-electron chi connectivity index (χ2n) is 3.96. The molecule has 0 saturated carbocycles. The number of nitrogens with one attached hydrogen (secondary N) is 1. The monoisotopic (exact) mass is 286 g/mol. The Bertz CT molecular complexity index is 439. The molecule has 0 aliphatic rings. The number of rotatable bonds is 6. The van der Waals surface area contributed by atoms with Crippen LogP contribution in [0.25, 0.3) is 0 Å². The van der Waals surface area contributed by atoms with Gasteiger partial charge in [-0.3, -0.25) is 4.79 Å². The first kappa shape index (κ1) is 14.9. The minimum absolute atomic E-state index is 0.167. The molecule has 0 aromatic carbocycles. The lowest BCUT2D eigenvalue weighted by atomic mass is 9.92. The molecule has 0 bridgehead atoms. The number of thiocarbonyl (C=S) groups is 1. The Kier molecular flexibility index (Phi) is 5.10. The third-order valence-corrected chi connectivity index (χ3v) is 4.36. The van der Waals surface area contributed by atoms with Crippen LogP contribution in [0.2, 0.25) is 0 Å². The first-order chi connectivity index (χ1) is 8.49. The number of amides is 1. The van der Waals surface area contributed by atoms with E-state index < -0.39 is 5.54 Å². The molecule has 1 rings (SSSR count). The van der Waals surface area contributed by atoms with Crippen molar-refractivity contribution in [3.8, 4) is 5.75 Å². The lowest BCUT2D eigenvalue weighted by Gasteiger charge is -2.31. The molecule has 1 amide bonds. The number of methoxy groups -OCH3 is 1. The van der Waals surface area contributed by atoms with Crippen molar-refractivity contribution in [1.29, 1.82) is 0 Å². The fraction of sp³-hybridized carbons (Fsp3) is 0.500. The highest BCUT2D eigenvalue weighted by Gasteiger charge is 2.32. The summed E-state index contributed by atoms with van der Waals surface area (Å²) >= 11 is 6.40. The number of hydrogen-bond donors (Lipinski definition) is 2. The van der Waals surface area contributed by atoms with Gasteiger partial charge >= 0.3 is 0 Å². The Labute approximate surface area is 117 Å². The zero-order chi connectivity index (χ0) is 13.8. The number of carbonyl (C=O) groups excluding carboxylic acids is 1. The third-order valence-electron chi connectivity index (χ3n) is 3.07. The molecule has 0 atom stereocenters. The highest BCUT2D eigenvalue weighted by atomic mass is 32.1. The molecule has 0 fully saturated rings. The molecule has 6 heteroatoms. The van der Waals surface area contributed by atoms with Crippen molar-refractivity contribution in [3.63, 3.8) is 0 Å². The van der Waals surface area contributed by atoms with Gasteiger partial charge in [-0.2, -0.15) is 0 Å². The lowest BCUT2D eigenvalue weighted by molar-refractivity contribution is 0.0924. The van der Waals surface area contributed by atoms with E-state index in [2.05, 4.69) is 5.32 Å². The van der Waals surface area contributed by atoms with Gasteiger partial charge in [0.1, 0.15) is 5.75 Å². The number of thiophene rings is 1. The second-order valence-corrected chi connectivity index (χ2v) is 5.31. The van der Waals surface area contributed by atoms with Gasteiger partial charge < -0.3 is 15.8 Å². The molecule has 4 nitrogen and oxygen atoms in total. The predicted octanol–water partition coefficient (Wildman–Crippen LogP) is 2.33. The van der Waals surface area contributed by atoms with Crippen LogP contribution in [0.3, 0.4) is 0 Å². The van der Waals surface area contributed by atoms with Gasteiger partial charge in [0.05, 0.1) is 22.5 Å². The van der Waals surface area contributed by atoms with Crippen molar-refractivity contribution in [2.24, 2.45) is 5.73 Å². The van der Waals surface area contributed by atoms with Crippen LogP contribution in [0.15, 0.2) is 11.4 Å². The lowest BCUT2D eigenvalue weighted by Crippen LogP contribution is -2.55. The first-order valence-electron chi connectivity index (χ1n) is 5.74. The van der Waals surface area contributed by atoms with E-state index in [9.17, 15) is 4.79 Å². The average Bonchev–Trinajstić information content (AvgIpc) is 2.84. The van der Waals surface area contributed by atoms with Crippen LogP contribution in [-0.2, 0) is 0 Å². The van der Waals surface area contributed by atoms with Gasteiger partial charge in [0, 0.05) is 11.4 Å². The summed E-state index contributed by atoms with van der Waals surface area (Å²) in [6.07, 6.45) is 1.35. The Morgan fingerprint density at radius 1 is 1.56 bits per heavy atom. The number of ether oxygens (including phenoxy) is 1. The Morgan fingerprint density at radius 3 is 2.56 bits per heavy atom. The standard InChI is InChI=1S/C12H18N2O2S2/c1-4-12(5-2,11(13)17)14-10(15)9-6-8(16-3)7-18-9/h6-7H,4-5H2,1-3H3,(H2,13,17)(H,14,15). The van der Waals surface area contributed by atoms with Crippen LogP contribution in [-0.4, -0.2) is 23.5 Å². The average molecular weight is 286 g/mol. The third kappa shape index (κ3) is 3.00. The molecule has 0 radical (unpaired) electrons. The summed E-state index contributed by atoms with van der Waals surface area (Å²) in [5, 5.41) is 4.72. The Hall–Kier alpha value is -1.14. The minimum atomic E-state index is -0.607. The molecule has 0 unspecified atom stereocenters. The largest absolute Gasteiger partial charge is 0.496 e. The van der Waals surface area contributed by atoms with Crippen LogP contribution >= 0.6 is 23.6 Å². The fourth-order valence-electron chi connectivity index (χ4n) is 1.66. The normalized spacial score (nSPS) is 11.1. The van der Waals surface area contributed by atoms with Gasteiger partial charge in [-0.1, -0.05) is 26.1 Å². The molecule has 1 aromatic rings. The summed E-state index contributed by atoms with van der Waals surface area (Å²) in [6.45, 7) is 3.91. The van der Waals surface area contributed by atoms with Crippen LogP contribution in [0, 0.1) is 0 Å². The molecule has 3 N–H and O–H groups in total. The van der Waals surface area contributed by atoms with Crippen LogP contribution in [0.4, 0.5) is 0 Å². The first-order valence-corrected chi connectivity index (χ1v) is 7.02. The van der Waals surface area contributed by atoms with Gasteiger partial charge in [-0.15, -0.1) is 11.3 Å². The maximum Gasteiger partial charge on any atom is 0.262 e. The van der Waals surface area contributed by atoms with E-state index in [1.165, 1.54) is 11.3 Å². The van der Waals surface area contributed by atoms with Gasteiger partial charge in [-0.05, 0) is 12.8 Å². The molecular weight excluding hydrogens is 268 g/mol. The highest BCUT2D eigenvalue weighted by Crippen LogP contribution is 2.23. The molecule has 1 aromatic heterocycles. The summed E-state index contributed by atoms with van der Waals surface area (Å²) in [6, 6.07) is 1.70. The maximum absolute atomic E-state index is 12.1. The summed E-state index contributed by atoms with van der Waals surface area (Å²) in [5.74, 6) is 0.513. The molecule has 18 heavy (non-hydrogen) atoms. The zero-order valence-corrected chi connectivity index (χ0v) is 12.4. The van der Waals surface area contributed by atoms with Gasteiger partial charge in [0.25, 0.3) is 5.91 Å².